The lowest BCUT2D eigenvalue weighted by atomic mass is 9.98. The molecule has 4 aromatic rings. The molecule has 3 atom stereocenters. The van der Waals surface area contributed by atoms with Crippen LogP contribution in [0.1, 0.15) is 12.5 Å². The molecule has 13 heteroatoms. The maximum Gasteiger partial charge on any atom is 0.490 e. The molecule has 6 N–H and O–H groups in total. The van der Waals surface area contributed by atoms with E-state index in [2.05, 4.69) is 38.0 Å². The lowest BCUT2D eigenvalue weighted by molar-refractivity contribution is -0.192. The van der Waals surface area contributed by atoms with E-state index in [0.29, 0.717) is 6.54 Å². The molecule has 0 amide bonds. The fourth-order valence-electron chi connectivity index (χ4n) is 4.08. The molecule has 0 fully saturated rings. The van der Waals surface area contributed by atoms with Crippen molar-refractivity contribution in [1.82, 2.24) is 14.9 Å². The van der Waals surface area contributed by atoms with Gasteiger partial charge in [0.05, 0.1) is 24.5 Å². The summed E-state index contributed by atoms with van der Waals surface area (Å²) < 4.78 is 32.6. The van der Waals surface area contributed by atoms with E-state index in [1.807, 2.05) is 48.5 Å². The normalized spacial score (nSPS) is 13.9. The second kappa shape index (κ2) is 14.0. The van der Waals surface area contributed by atoms with E-state index in [9.17, 15) is 33.6 Å². The third kappa shape index (κ3) is 8.58. The molecular formula is C28H29BrF3N3O6. The summed E-state index contributed by atoms with van der Waals surface area (Å²) in [6.07, 6.45) is -6.50. The molecule has 41 heavy (non-hydrogen) atoms. The molecular weight excluding hydrogens is 611 g/mol. The highest BCUT2D eigenvalue weighted by molar-refractivity contribution is 9.10. The number of carboxylic acid groups (broad SMARTS) is 1. The average molecular weight is 640 g/mol. The van der Waals surface area contributed by atoms with Crippen molar-refractivity contribution in [1.29, 1.82) is 0 Å². The van der Waals surface area contributed by atoms with Gasteiger partial charge in [0, 0.05) is 34.7 Å². The number of carboxylic acids is 1. The Morgan fingerprint density at radius 1 is 1.05 bits per heavy atom. The van der Waals surface area contributed by atoms with Crippen molar-refractivity contribution >= 4 is 32.9 Å². The van der Waals surface area contributed by atoms with Crippen LogP contribution in [0.25, 0.3) is 33.4 Å². The van der Waals surface area contributed by atoms with Crippen molar-refractivity contribution in [2.45, 2.75) is 38.1 Å². The molecule has 0 radical (unpaired) electrons. The zero-order valence-corrected chi connectivity index (χ0v) is 23.3. The molecule has 0 spiro atoms. The third-order valence-electron chi connectivity index (χ3n) is 6.01. The van der Waals surface area contributed by atoms with Gasteiger partial charge in [0.15, 0.2) is 0 Å². The molecule has 2 aromatic carbocycles. The number of fused-ring (bicyclic) bond motifs is 1. The van der Waals surface area contributed by atoms with Gasteiger partial charge in [-0.25, -0.2) is 9.78 Å². The molecule has 0 saturated heterocycles. The minimum Gasteiger partial charge on any atom is -0.475 e. The number of rotatable bonds is 9. The van der Waals surface area contributed by atoms with Gasteiger partial charge in [-0.1, -0.05) is 54.6 Å². The molecule has 0 aliphatic carbocycles. The van der Waals surface area contributed by atoms with Crippen LogP contribution in [-0.2, 0) is 11.3 Å². The summed E-state index contributed by atoms with van der Waals surface area (Å²) in [5, 5.41) is 47.4. The number of nitrogens with zero attached hydrogens (tertiary/aromatic N) is 2. The van der Waals surface area contributed by atoms with E-state index in [-0.39, 0.29) is 6.54 Å². The van der Waals surface area contributed by atoms with Crippen LogP contribution < -0.4 is 0 Å². The van der Waals surface area contributed by atoms with E-state index in [4.69, 9.17) is 9.90 Å². The van der Waals surface area contributed by atoms with Crippen LogP contribution in [0.2, 0.25) is 0 Å². The lowest BCUT2D eigenvalue weighted by Gasteiger charge is -2.31. The maximum absolute atomic E-state index is 10.6. The number of pyridine rings is 1. The average Bonchev–Trinajstić information content (AvgIpc) is 3.31. The first kappa shape index (κ1) is 32.2. The van der Waals surface area contributed by atoms with Crippen LogP contribution in [0.15, 0.2) is 71.3 Å². The number of aromatic amines is 1. The zero-order valence-electron chi connectivity index (χ0n) is 21.8. The van der Waals surface area contributed by atoms with Crippen molar-refractivity contribution in [3.05, 3.63) is 76.9 Å². The lowest BCUT2D eigenvalue weighted by Crippen LogP contribution is -2.46. The number of aromatic nitrogens is 2. The first-order valence-electron chi connectivity index (χ1n) is 12.3. The zero-order chi connectivity index (χ0) is 30.3. The summed E-state index contributed by atoms with van der Waals surface area (Å²) in [5.41, 5.74) is 5.77. The van der Waals surface area contributed by atoms with Gasteiger partial charge < -0.3 is 30.5 Å². The van der Waals surface area contributed by atoms with Crippen molar-refractivity contribution in [2.75, 3.05) is 13.2 Å². The molecule has 3 unspecified atom stereocenters. The first-order valence-corrected chi connectivity index (χ1v) is 13.1. The van der Waals surface area contributed by atoms with Gasteiger partial charge in [-0.3, -0.25) is 4.90 Å². The van der Waals surface area contributed by atoms with Crippen LogP contribution >= 0.6 is 15.9 Å². The molecule has 0 aliphatic heterocycles. The summed E-state index contributed by atoms with van der Waals surface area (Å²) in [5.74, 6) is -2.76. The third-order valence-corrected chi connectivity index (χ3v) is 6.45. The molecule has 4 rings (SSSR count). The highest BCUT2D eigenvalue weighted by atomic mass is 79.9. The van der Waals surface area contributed by atoms with Crippen LogP contribution in [0.4, 0.5) is 13.2 Å². The van der Waals surface area contributed by atoms with Crippen molar-refractivity contribution in [2.24, 2.45) is 0 Å². The highest BCUT2D eigenvalue weighted by Crippen LogP contribution is 2.38. The highest BCUT2D eigenvalue weighted by Gasteiger charge is 2.38. The van der Waals surface area contributed by atoms with Gasteiger partial charge in [0.25, 0.3) is 0 Å². The molecule has 0 bridgehead atoms. The van der Waals surface area contributed by atoms with Crippen LogP contribution in [0.3, 0.4) is 0 Å². The smallest absolute Gasteiger partial charge is 0.475 e. The van der Waals surface area contributed by atoms with Gasteiger partial charge in [-0.2, -0.15) is 13.2 Å². The van der Waals surface area contributed by atoms with Gasteiger partial charge in [0.2, 0.25) is 0 Å². The molecule has 2 aromatic heterocycles. The summed E-state index contributed by atoms with van der Waals surface area (Å²) in [6, 6.07) is 20.1. The van der Waals surface area contributed by atoms with E-state index >= 15 is 0 Å². The van der Waals surface area contributed by atoms with Gasteiger partial charge in [-0.15, -0.1) is 0 Å². The number of H-pyrrole nitrogens is 1. The quantitative estimate of drug-likeness (QED) is 0.150. The fourth-order valence-corrected chi connectivity index (χ4v) is 4.41. The minimum absolute atomic E-state index is 0.0324. The number of hydrogen-bond acceptors (Lipinski definition) is 7. The summed E-state index contributed by atoms with van der Waals surface area (Å²) in [6.45, 7) is 1.40. The summed E-state index contributed by atoms with van der Waals surface area (Å²) in [7, 11) is 0. The molecule has 9 nitrogen and oxygen atoms in total. The van der Waals surface area contributed by atoms with Crippen molar-refractivity contribution in [3.8, 4) is 22.4 Å². The largest absolute Gasteiger partial charge is 0.490 e. The first-order chi connectivity index (χ1) is 19.3. The number of benzene rings is 2. The monoisotopic (exact) mass is 639 g/mol. The van der Waals surface area contributed by atoms with Gasteiger partial charge in [-0.05, 0) is 45.6 Å². The predicted molar refractivity (Wildman–Crippen MR) is 150 cm³/mol. The Hall–Kier alpha value is -3.33. The molecule has 2 heterocycles. The number of aliphatic hydroxyl groups is 4. The van der Waals surface area contributed by atoms with Gasteiger partial charge in [0.1, 0.15) is 11.9 Å². The minimum atomic E-state index is -5.08. The molecule has 220 valence electrons. The number of aliphatic hydroxyl groups excluding tert-OH is 4. The van der Waals surface area contributed by atoms with Crippen LogP contribution in [0.5, 0.6) is 0 Å². The molecule has 0 aliphatic rings. The standard InChI is InChI=1S/C26H28BrN3O4.C2HF3O2/c1-16(32)26(34)30(14-21(33)15-31)13-17-7-9-18(10-8-17)23-22-11-20(27)12-28-25(22)29-24(23)19-5-3-2-4-6-19;3-2(4,5)1(6)7/h2-12,16,21,26,31-34H,13-15H2,1H3,(H,28,29);(H,6,7). The number of aliphatic carboxylic acids is 1. The second-order valence-corrected chi connectivity index (χ2v) is 10.1. The van der Waals surface area contributed by atoms with Gasteiger partial charge >= 0.3 is 12.1 Å². The fraction of sp³-hybridized carbons (Fsp3) is 0.286. The summed E-state index contributed by atoms with van der Waals surface area (Å²) in [4.78, 5) is 18.4. The molecule has 0 saturated carbocycles. The van der Waals surface area contributed by atoms with Crippen LogP contribution in [0, 0.1) is 0 Å². The van der Waals surface area contributed by atoms with E-state index < -0.39 is 37.2 Å². The number of hydrogen-bond donors (Lipinski definition) is 6. The number of carbonyl (C=O) groups is 1. The van der Waals surface area contributed by atoms with E-state index in [1.54, 1.807) is 11.1 Å². The number of halogens is 4. The topological polar surface area (TPSA) is 150 Å². The Bertz CT molecular complexity index is 1430. The van der Waals surface area contributed by atoms with Crippen LogP contribution in [-0.4, -0.2) is 84.1 Å². The predicted octanol–water partition coefficient (Wildman–Crippen LogP) is 4.15. The Morgan fingerprint density at radius 3 is 2.20 bits per heavy atom. The Labute approximate surface area is 241 Å². The van der Waals surface area contributed by atoms with Crippen molar-refractivity contribution in [3.63, 3.8) is 0 Å². The Balaban J connectivity index is 0.000000587. The Morgan fingerprint density at radius 2 is 1.66 bits per heavy atom. The second-order valence-electron chi connectivity index (χ2n) is 9.21. The number of alkyl halides is 3. The van der Waals surface area contributed by atoms with E-state index in [0.717, 1.165) is 43.5 Å². The SMILES string of the molecule is CC(O)C(O)N(Cc1ccc(-c2c(-c3ccccc3)[nH]c3ncc(Br)cc23)cc1)CC(O)CO.O=C(O)C(F)(F)F. The van der Waals surface area contributed by atoms with Crippen molar-refractivity contribution < 1.29 is 43.5 Å². The van der Waals surface area contributed by atoms with E-state index in [1.165, 1.54) is 6.92 Å². The number of nitrogens with one attached hydrogen (secondary N) is 1. The Kier molecular flexibility index (Phi) is 11.0. The maximum atomic E-state index is 10.6. The summed E-state index contributed by atoms with van der Waals surface area (Å²) >= 11 is 3.53.